The summed E-state index contributed by atoms with van der Waals surface area (Å²) in [6.07, 6.45) is 4.71. The zero-order valence-electron chi connectivity index (χ0n) is 16.4. The van der Waals surface area contributed by atoms with Crippen LogP contribution in [0.2, 0.25) is 0 Å². The van der Waals surface area contributed by atoms with Crippen molar-refractivity contribution in [2.75, 3.05) is 30.1 Å². The van der Waals surface area contributed by atoms with Crippen LogP contribution < -0.4 is 4.90 Å². The summed E-state index contributed by atoms with van der Waals surface area (Å²) in [4.78, 5) is 22.2. The summed E-state index contributed by atoms with van der Waals surface area (Å²) in [6, 6.07) is 16.4. The molecule has 4 nitrogen and oxygen atoms in total. The van der Waals surface area contributed by atoms with Crippen LogP contribution in [0.3, 0.4) is 0 Å². The van der Waals surface area contributed by atoms with Gasteiger partial charge in [0.1, 0.15) is 0 Å². The lowest BCUT2D eigenvalue weighted by Crippen LogP contribution is -2.37. The molecule has 2 heterocycles. The zero-order chi connectivity index (χ0) is 20.1. The molecule has 0 radical (unpaired) electrons. The van der Waals surface area contributed by atoms with Gasteiger partial charge in [-0.15, -0.1) is 23.5 Å². The minimum absolute atomic E-state index is 0.104. The van der Waals surface area contributed by atoms with Gasteiger partial charge in [-0.3, -0.25) is 9.69 Å². The number of hydrogen-bond acceptors (Lipinski definition) is 6. The number of nitrogens with zero attached hydrogens (tertiary/aromatic N) is 2. The second-order valence-corrected chi connectivity index (χ2v) is 9.88. The van der Waals surface area contributed by atoms with E-state index in [1.807, 2.05) is 23.1 Å². The van der Waals surface area contributed by atoms with E-state index in [9.17, 15) is 4.79 Å². The summed E-state index contributed by atoms with van der Waals surface area (Å²) >= 11 is 5.00. The average Bonchev–Trinajstić information content (AvgIpc) is 3.42. The minimum Gasteiger partial charge on any atom is -0.376 e. The molecule has 0 bridgehead atoms. The lowest BCUT2D eigenvalue weighted by atomic mass is 10.2. The summed E-state index contributed by atoms with van der Waals surface area (Å²) in [5, 5.41) is 0.784. The lowest BCUT2D eigenvalue weighted by molar-refractivity contribution is -0.118. The molecule has 2 aromatic carbocycles. The van der Waals surface area contributed by atoms with E-state index in [0.29, 0.717) is 13.0 Å². The van der Waals surface area contributed by atoms with Crippen molar-refractivity contribution in [3.63, 3.8) is 0 Å². The molecule has 4 rings (SSSR count). The Bertz CT molecular complexity index is 955. The van der Waals surface area contributed by atoms with E-state index in [1.165, 1.54) is 4.90 Å². The van der Waals surface area contributed by atoms with E-state index in [0.717, 1.165) is 45.4 Å². The smallest absolute Gasteiger partial charge is 0.229 e. The van der Waals surface area contributed by atoms with Crippen LogP contribution >= 0.6 is 34.9 Å². The molecule has 0 N–H and O–H groups in total. The van der Waals surface area contributed by atoms with Gasteiger partial charge < -0.3 is 4.74 Å². The number of amides is 1. The molecule has 0 saturated carbocycles. The molecule has 0 spiro atoms. The van der Waals surface area contributed by atoms with Gasteiger partial charge in [-0.05, 0) is 43.4 Å². The molecule has 0 aliphatic carbocycles. The molecule has 1 saturated heterocycles. The number of benzene rings is 2. The van der Waals surface area contributed by atoms with Gasteiger partial charge in [0.2, 0.25) is 5.91 Å². The van der Waals surface area contributed by atoms with Crippen molar-refractivity contribution in [1.29, 1.82) is 0 Å². The molecule has 1 atom stereocenters. The molecule has 1 unspecified atom stereocenters. The molecule has 1 aromatic heterocycles. The molecule has 1 aliphatic heterocycles. The van der Waals surface area contributed by atoms with Gasteiger partial charge in [-0.25, -0.2) is 4.98 Å². The first-order valence-corrected chi connectivity index (χ1v) is 12.8. The molecule has 7 heteroatoms. The highest BCUT2D eigenvalue weighted by Crippen LogP contribution is 2.35. The van der Waals surface area contributed by atoms with E-state index in [-0.39, 0.29) is 12.0 Å². The molecular formula is C22H24N2O2S3. The van der Waals surface area contributed by atoms with Gasteiger partial charge >= 0.3 is 0 Å². The topological polar surface area (TPSA) is 42.4 Å². The Balaban J connectivity index is 1.51. The predicted octanol–water partition coefficient (Wildman–Crippen LogP) is 5.71. The number of carbonyl (C=O) groups excluding carboxylic acids is 1. The van der Waals surface area contributed by atoms with Crippen LogP contribution in [0.15, 0.2) is 58.3 Å². The number of carbonyl (C=O) groups is 1. The van der Waals surface area contributed by atoms with E-state index >= 15 is 0 Å². The van der Waals surface area contributed by atoms with Crippen molar-refractivity contribution in [1.82, 2.24) is 4.98 Å². The summed E-state index contributed by atoms with van der Waals surface area (Å²) in [5.74, 6) is 0.875. The first kappa shape index (κ1) is 20.7. The summed E-state index contributed by atoms with van der Waals surface area (Å²) in [6.45, 7) is 1.37. The third kappa shape index (κ3) is 5.15. The first-order chi connectivity index (χ1) is 14.2. The molecule has 3 aromatic rings. The van der Waals surface area contributed by atoms with Crippen LogP contribution in [0, 0.1) is 0 Å². The van der Waals surface area contributed by atoms with Gasteiger partial charge in [-0.2, -0.15) is 0 Å². The monoisotopic (exact) mass is 444 g/mol. The second kappa shape index (κ2) is 9.98. The maximum absolute atomic E-state index is 13.2. The van der Waals surface area contributed by atoms with Gasteiger partial charge in [0.05, 0.1) is 22.9 Å². The molecule has 1 fully saturated rings. The largest absolute Gasteiger partial charge is 0.376 e. The SMILES string of the molecule is CSc1cccc2sc(N(CC3CCCO3)C(=O)CCSc3ccccc3)nc12. The maximum Gasteiger partial charge on any atom is 0.229 e. The van der Waals surface area contributed by atoms with Crippen LogP contribution in [0.1, 0.15) is 19.3 Å². The van der Waals surface area contributed by atoms with Gasteiger partial charge in [0.25, 0.3) is 0 Å². The number of ether oxygens (including phenoxy) is 1. The van der Waals surface area contributed by atoms with Crippen molar-refractivity contribution in [2.45, 2.75) is 35.2 Å². The van der Waals surface area contributed by atoms with E-state index in [1.54, 1.807) is 34.9 Å². The number of thiazole rings is 1. The third-order valence-corrected chi connectivity index (χ3v) is 7.69. The Morgan fingerprint density at radius 1 is 1.24 bits per heavy atom. The van der Waals surface area contributed by atoms with Gasteiger partial charge in [0.15, 0.2) is 5.13 Å². The van der Waals surface area contributed by atoms with Crippen LogP contribution in [0.4, 0.5) is 5.13 Å². The van der Waals surface area contributed by atoms with Gasteiger partial charge in [0, 0.05) is 28.6 Å². The van der Waals surface area contributed by atoms with Crippen LogP contribution in [0.25, 0.3) is 10.2 Å². The molecule has 29 heavy (non-hydrogen) atoms. The van der Waals surface area contributed by atoms with E-state index < -0.39 is 0 Å². The Labute approximate surface area is 184 Å². The molecule has 1 aliphatic rings. The highest BCUT2D eigenvalue weighted by molar-refractivity contribution is 7.99. The average molecular weight is 445 g/mol. The highest BCUT2D eigenvalue weighted by Gasteiger charge is 2.26. The van der Waals surface area contributed by atoms with Crippen molar-refractivity contribution >= 4 is 56.1 Å². The molecular weight excluding hydrogens is 420 g/mol. The number of rotatable bonds is 8. The Kier molecular flexibility index (Phi) is 7.13. The Morgan fingerprint density at radius 2 is 2.10 bits per heavy atom. The number of anilines is 1. The normalized spacial score (nSPS) is 16.4. The predicted molar refractivity (Wildman–Crippen MR) is 125 cm³/mol. The first-order valence-electron chi connectivity index (χ1n) is 9.78. The molecule has 152 valence electrons. The van der Waals surface area contributed by atoms with Crippen LogP contribution in [0.5, 0.6) is 0 Å². The Hall–Kier alpha value is -1.54. The Morgan fingerprint density at radius 3 is 2.86 bits per heavy atom. The maximum atomic E-state index is 13.2. The number of hydrogen-bond donors (Lipinski definition) is 0. The number of para-hydroxylation sites is 1. The fraction of sp³-hybridized carbons (Fsp3) is 0.364. The number of thioether (sulfide) groups is 2. The van der Waals surface area contributed by atoms with Crippen LogP contribution in [-0.4, -0.2) is 42.2 Å². The van der Waals surface area contributed by atoms with Gasteiger partial charge in [-0.1, -0.05) is 35.6 Å². The van der Waals surface area contributed by atoms with Crippen LogP contribution in [-0.2, 0) is 9.53 Å². The summed E-state index contributed by atoms with van der Waals surface area (Å²) in [7, 11) is 0. The van der Waals surface area contributed by atoms with Crippen molar-refractivity contribution in [3.05, 3.63) is 48.5 Å². The van der Waals surface area contributed by atoms with E-state index in [2.05, 4.69) is 36.6 Å². The number of fused-ring (bicyclic) bond motifs is 1. The lowest BCUT2D eigenvalue weighted by Gasteiger charge is -2.23. The summed E-state index contributed by atoms with van der Waals surface area (Å²) in [5.41, 5.74) is 0.990. The second-order valence-electron chi connectivity index (χ2n) is 6.85. The van der Waals surface area contributed by atoms with E-state index in [4.69, 9.17) is 9.72 Å². The quantitative estimate of drug-likeness (QED) is 0.416. The van der Waals surface area contributed by atoms with Crippen molar-refractivity contribution in [3.8, 4) is 0 Å². The third-order valence-electron chi connectivity index (χ3n) is 4.86. The fourth-order valence-electron chi connectivity index (χ4n) is 3.38. The van der Waals surface area contributed by atoms with Crippen molar-refractivity contribution < 1.29 is 9.53 Å². The van der Waals surface area contributed by atoms with Crippen molar-refractivity contribution in [2.24, 2.45) is 0 Å². The molecule has 1 amide bonds. The minimum atomic E-state index is 0.104. The zero-order valence-corrected chi connectivity index (χ0v) is 18.8. The standard InChI is InChI=1S/C22H24N2O2S3/c1-27-18-10-5-11-19-21(18)23-22(29-19)24(15-16-7-6-13-26-16)20(25)12-14-28-17-8-3-2-4-9-17/h2-5,8-11,16H,6-7,12-15H2,1H3. The fourth-order valence-corrected chi connectivity index (χ4v) is 5.89. The number of aromatic nitrogens is 1. The highest BCUT2D eigenvalue weighted by atomic mass is 32.2. The summed E-state index contributed by atoms with van der Waals surface area (Å²) < 4.78 is 6.94.